The lowest BCUT2D eigenvalue weighted by molar-refractivity contribution is -0.136. The van der Waals surface area contributed by atoms with Crippen LogP contribution in [0, 0.1) is 0 Å². The average molecular weight is 291 g/mol. The molecule has 1 aromatic carbocycles. The fourth-order valence-corrected chi connectivity index (χ4v) is 1.11. The Morgan fingerprint density at radius 2 is 2.08 bits per heavy atom. The Morgan fingerprint density at radius 1 is 1.46 bits per heavy atom. The third kappa shape index (κ3) is 3.73. The molecule has 0 radical (unpaired) electrons. The number of hydrogen-bond donors (Lipinski definition) is 2. The maximum atomic E-state index is 10.5. The number of carboxylic acids is 1. The molecule has 1 aromatic rings. The molecule has 0 heterocycles. The lowest BCUT2D eigenvalue weighted by Crippen LogP contribution is -2.30. The highest BCUT2D eigenvalue weighted by atomic mass is 127. The van der Waals surface area contributed by atoms with E-state index in [9.17, 15) is 4.79 Å². The standard InChI is InChI=1S/C9H10INO2/c10-8(9(12)13)11-6-7-4-2-1-3-5-7/h1-5,8,11H,6H2,(H,12,13)/t8-/m1/s1. The highest BCUT2D eigenvalue weighted by Gasteiger charge is 2.10. The van der Waals surface area contributed by atoms with E-state index < -0.39 is 10.0 Å². The van der Waals surface area contributed by atoms with Crippen molar-refractivity contribution in [1.82, 2.24) is 5.32 Å². The third-order valence-corrected chi connectivity index (χ3v) is 2.52. The topological polar surface area (TPSA) is 49.3 Å². The Kier molecular flexibility index (Phi) is 4.17. The maximum absolute atomic E-state index is 10.5. The molecule has 0 aliphatic rings. The second-order valence-corrected chi connectivity index (χ2v) is 3.81. The fraction of sp³-hybridized carbons (Fsp3) is 0.222. The average Bonchev–Trinajstić information content (AvgIpc) is 2.15. The van der Waals surface area contributed by atoms with Gasteiger partial charge in [-0.15, -0.1) is 0 Å². The summed E-state index contributed by atoms with van der Waals surface area (Å²) in [6.45, 7) is 0.584. The minimum atomic E-state index is -0.837. The molecule has 0 bridgehead atoms. The highest BCUT2D eigenvalue weighted by molar-refractivity contribution is 14.1. The molecule has 0 unspecified atom stereocenters. The number of carbonyl (C=O) groups is 1. The number of nitrogens with one attached hydrogen (secondary N) is 1. The first-order valence-electron chi connectivity index (χ1n) is 3.84. The van der Waals surface area contributed by atoms with Gasteiger partial charge in [0.1, 0.15) is 0 Å². The predicted octanol–water partition coefficient (Wildman–Crippen LogP) is 1.62. The first-order valence-corrected chi connectivity index (χ1v) is 5.09. The van der Waals surface area contributed by atoms with E-state index in [4.69, 9.17) is 5.11 Å². The summed E-state index contributed by atoms with van der Waals surface area (Å²) in [4.78, 5) is 10.5. The Labute approximate surface area is 90.3 Å². The molecule has 0 fully saturated rings. The van der Waals surface area contributed by atoms with Gasteiger partial charge in [-0.1, -0.05) is 52.9 Å². The summed E-state index contributed by atoms with van der Waals surface area (Å²) in [5.41, 5.74) is 1.09. The van der Waals surface area contributed by atoms with Crippen molar-refractivity contribution in [1.29, 1.82) is 0 Å². The number of hydrogen-bond acceptors (Lipinski definition) is 2. The van der Waals surface area contributed by atoms with Crippen LogP contribution >= 0.6 is 22.6 Å². The number of alkyl halides is 1. The van der Waals surface area contributed by atoms with Gasteiger partial charge >= 0.3 is 5.97 Å². The van der Waals surface area contributed by atoms with Gasteiger partial charge in [0.25, 0.3) is 0 Å². The number of halogens is 1. The van der Waals surface area contributed by atoms with E-state index in [1.807, 2.05) is 52.9 Å². The molecule has 0 saturated carbocycles. The Morgan fingerprint density at radius 3 is 2.62 bits per heavy atom. The van der Waals surface area contributed by atoms with Gasteiger partial charge in [0, 0.05) is 6.54 Å². The van der Waals surface area contributed by atoms with Gasteiger partial charge < -0.3 is 5.11 Å². The summed E-state index contributed by atoms with van der Waals surface area (Å²) in [7, 11) is 0. The van der Waals surface area contributed by atoms with Crippen LogP contribution in [-0.2, 0) is 11.3 Å². The lowest BCUT2D eigenvalue weighted by Gasteiger charge is -2.06. The summed E-state index contributed by atoms with van der Waals surface area (Å²) < 4.78 is -0.530. The largest absolute Gasteiger partial charge is 0.479 e. The highest BCUT2D eigenvalue weighted by Crippen LogP contribution is 2.01. The van der Waals surface area contributed by atoms with Crippen molar-refractivity contribution in [3.8, 4) is 0 Å². The first kappa shape index (κ1) is 10.5. The van der Waals surface area contributed by atoms with E-state index in [2.05, 4.69) is 5.32 Å². The molecule has 70 valence electrons. The van der Waals surface area contributed by atoms with Gasteiger partial charge in [0.15, 0.2) is 4.05 Å². The Hall–Kier alpha value is -0.620. The second-order valence-electron chi connectivity index (χ2n) is 2.57. The lowest BCUT2D eigenvalue weighted by atomic mass is 10.2. The summed E-state index contributed by atoms with van der Waals surface area (Å²) >= 11 is 1.85. The van der Waals surface area contributed by atoms with Crippen LogP contribution in [0.3, 0.4) is 0 Å². The molecule has 13 heavy (non-hydrogen) atoms. The number of benzene rings is 1. The van der Waals surface area contributed by atoms with Crippen molar-refractivity contribution in [2.75, 3.05) is 0 Å². The number of aliphatic carboxylic acids is 1. The summed E-state index contributed by atoms with van der Waals surface area (Å²) in [6.07, 6.45) is 0. The molecule has 0 aliphatic carbocycles. The molecule has 2 N–H and O–H groups in total. The van der Waals surface area contributed by atoms with Gasteiger partial charge in [-0.3, -0.25) is 5.32 Å². The van der Waals surface area contributed by atoms with Gasteiger partial charge in [-0.2, -0.15) is 0 Å². The predicted molar refractivity (Wildman–Crippen MR) is 58.7 cm³/mol. The molecule has 0 amide bonds. The summed E-state index contributed by atoms with van der Waals surface area (Å²) in [5, 5.41) is 11.5. The second kappa shape index (κ2) is 5.18. The van der Waals surface area contributed by atoms with Gasteiger partial charge in [0.2, 0.25) is 0 Å². The Balaban J connectivity index is 2.39. The monoisotopic (exact) mass is 291 g/mol. The van der Waals surface area contributed by atoms with E-state index in [1.54, 1.807) is 0 Å². The van der Waals surface area contributed by atoms with Crippen LogP contribution in [0.15, 0.2) is 30.3 Å². The molecule has 0 saturated heterocycles. The minimum absolute atomic E-state index is 0.530. The fourth-order valence-electron chi connectivity index (χ4n) is 0.891. The number of carboxylic acid groups (broad SMARTS) is 1. The van der Waals surface area contributed by atoms with E-state index in [0.717, 1.165) is 5.56 Å². The van der Waals surface area contributed by atoms with Crippen molar-refractivity contribution in [3.63, 3.8) is 0 Å². The van der Waals surface area contributed by atoms with Crippen molar-refractivity contribution < 1.29 is 9.90 Å². The van der Waals surface area contributed by atoms with Gasteiger partial charge in [-0.25, -0.2) is 4.79 Å². The van der Waals surface area contributed by atoms with Crippen LogP contribution < -0.4 is 5.32 Å². The molecule has 0 spiro atoms. The van der Waals surface area contributed by atoms with Crippen LogP contribution in [-0.4, -0.2) is 15.1 Å². The number of rotatable bonds is 4. The van der Waals surface area contributed by atoms with Crippen molar-refractivity contribution >= 4 is 28.6 Å². The van der Waals surface area contributed by atoms with E-state index in [1.165, 1.54) is 0 Å². The first-order chi connectivity index (χ1) is 6.20. The zero-order valence-electron chi connectivity index (χ0n) is 6.90. The van der Waals surface area contributed by atoms with Crippen LogP contribution in [0.1, 0.15) is 5.56 Å². The summed E-state index contributed by atoms with van der Waals surface area (Å²) in [6, 6.07) is 9.71. The third-order valence-electron chi connectivity index (χ3n) is 1.55. The molecular weight excluding hydrogens is 281 g/mol. The normalized spacial score (nSPS) is 12.4. The minimum Gasteiger partial charge on any atom is -0.479 e. The quantitative estimate of drug-likeness (QED) is 0.503. The molecule has 4 heteroatoms. The van der Waals surface area contributed by atoms with E-state index in [-0.39, 0.29) is 0 Å². The Bertz CT molecular complexity index is 276. The van der Waals surface area contributed by atoms with Crippen LogP contribution in [0.5, 0.6) is 0 Å². The zero-order chi connectivity index (χ0) is 9.68. The van der Waals surface area contributed by atoms with Crippen molar-refractivity contribution in [2.24, 2.45) is 0 Å². The molecule has 1 rings (SSSR count). The van der Waals surface area contributed by atoms with Gasteiger partial charge in [0.05, 0.1) is 0 Å². The zero-order valence-corrected chi connectivity index (χ0v) is 9.06. The molecule has 3 nitrogen and oxygen atoms in total. The molecule has 0 aromatic heterocycles. The van der Waals surface area contributed by atoms with Crippen LogP contribution in [0.2, 0.25) is 0 Å². The van der Waals surface area contributed by atoms with E-state index in [0.29, 0.717) is 6.54 Å². The van der Waals surface area contributed by atoms with Gasteiger partial charge in [-0.05, 0) is 5.56 Å². The molecule has 1 atom stereocenters. The van der Waals surface area contributed by atoms with Crippen LogP contribution in [0.25, 0.3) is 0 Å². The van der Waals surface area contributed by atoms with Crippen molar-refractivity contribution in [3.05, 3.63) is 35.9 Å². The smallest absolute Gasteiger partial charge is 0.330 e. The summed E-state index contributed by atoms with van der Waals surface area (Å²) in [5.74, 6) is -0.837. The molecule has 0 aliphatic heterocycles. The maximum Gasteiger partial charge on any atom is 0.330 e. The molecular formula is C9H10INO2. The van der Waals surface area contributed by atoms with Crippen LogP contribution in [0.4, 0.5) is 0 Å². The SMILES string of the molecule is O=C(O)[C@H](I)NCc1ccccc1. The van der Waals surface area contributed by atoms with E-state index >= 15 is 0 Å². The van der Waals surface area contributed by atoms with Crippen molar-refractivity contribution in [2.45, 2.75) is 10.6 Å².